The SMILES string of the molecule is CCCCN(C(C)CC)C(c1cccc(F)c1)C(N)CC. The van der Waals surface area contributed by atoms with E-state index in [0.29, 0.717) is 6.04 Å². The van der Waals surface area contributed by atoms with Gasteiger partial charge in [0.05, 0.1) is 6.04 Å². The third kappa shape index (κ3) is 5.08. The first-order valence-electron chi connectivity index (χ1n) is 8.31. The lowest BCUT2D eigenvalue weighted by Gasteiger charge is -2.39. The maximum Gasteiger partial charge on any atom is 0.123 e. The highest BCUT2D eigenvalue weighted by molar-refractivity contribution is 5.22. The summed E-state index contributed by atoms with van der Waals surface area (Å²) in [6.07, 6.45) is 4.27. The van der Waals surface area contributed by atoms with Crippen LogP contribution in [0.25, 0.3) is 0 Å². The predicted octanol–water partition coefficient (Wildman–Crippen LogP) is 4.50. The molecule has 0 aromatic heterocycles. The molecule has 0 saturated carbocycles. The van der Waals surface area contributed by atoms with Gasteiger partial charge in [0.1, 0.15) is 5.82 Å². The highest BCUT2D eigenvalue weighted by Gasteiger charge is 2.28. The van der Waals surface area contributed by atoms with E-state index >= 15 is 0 Å². The summed E-state index contributed by atoms with van der Waals surface area (Å²) in [6.45, 7) is 9.76. The van der Waals surface area contributed by atoms with Crippen molar-refractivity contribution in [2.24, 2.45) is 5.73 Å². The van der Waals surface area contributed by atoms with Crippen LogP contribution in [0.3, 0.4) is 0 Å². The van der Waals surface area contributed by atoms with Gasteiger partial charge in [0.15, 0.2) is 0 Å². The minimum absolute atomic E-state index is 0.0256. The monoisotopic (exact) mass is 294 g/mol. The van der Waals surface area contributed by atoms with Crippen LogP contribution >= 0.6 is 0 Å². The topological polar surface area (TPSA) is 29.3 Å². The number of unbranched alkanes of at least 4 members (excludes halogenated alkanes) is 1. The summed E-state index contributed by atoms with van der Waals surface area (Å²) in [5.41, 5.74) is 7.40. The lowest BCUT2D eigenvalue weighted by atomic mass is 9.94. The Morgan fingerprint density at radius 3 is 2.43 bits per heavy atom. The number of hydrogen-bond acceptors (Lipinski definition) is 2. The standard InChI is InChI=1S/C18H31FN2/c1-5-8-12-21(14(4)6-2)18(17(20)7-3)15-10-9-11-16(19)13-15/h9-11,13-14,17-18H,5-8,12,20H2,1-4H3. The van der Waals surface area contributed by atoms with Crippen molar-refractivity contribution in [2.45, 2.75) is 71.5 Å². The zero-order chi connectivity index (χ0) is 15.8. The Morgan fingerprint density at radius 1 is 1.19 bits per heavy atom. The molecule has 0 aliphatic rings. The Bertz CT molecular complexity index is 408. The summed E-state index contributed by atoms with van der Waals surface area (Å²) in [6, 6.07) is 7.49. The molecule has 3 unspecified atom stereocenters. The Kier molecular flexibility index (Phi) is 7.91. The van der Waals surface area contributed by atoms with Gasteiger partial charge in [-0.15, -0.1) is 0 Å². The van der Waals surface area contributed by atoms with Crippen molar-refractivity contribution < 1.29 is 4.39 Å². The number of nitrogens with two attached hydrogens (primary N) is 1. The molecule has 0 fully saturated rings. The molecule has 0 aliphatic carbocycles. The summed E-state index contributed by atoms with van der Waals surface area (Å²) in [4.78, 5) is 2.46. The molecule has 120 valence electrons. The lowest BCUT2D eigenvalue weighted by molar-refractivity contribution is 0.116. The molecule has 0 amide bonds. The van der Waals surface area contributed by atoms with Gasteiger partial charge in [-0.2, -0.15) is 0 Å². The summed E-state index contributed by atoms with van der Waals surface area (Å²) in [7, 11) is 0. The number of hydrogen-bond donors (Lipinski definition) is 1. The zero-order valence-corrected chi connectivity index (χ0v) is 14.0. The summed E-state index contributed by atoms with van der Waals surface area (Å²) < 4.78 is 13.6. The van der Waals surface area contributed by atoms with Gasteiger partial charge >= 0.3 is 0 Å². The quantitative estimate of drug-likeness (QED) is 0.726. The molecule has 2 N–H and O–H groups in total. The molecule has 1 aromatic carbocycles. The van der Waals surface area contributed by atoms with Gasteiger partial charge < -0.3 is 5.73 Å². The molecule has 0 spiro atoms. The van der Waals surface area contributed by atoms with Crippen LogP contribution in [0, 0.1) is 5.82 Å². The van der Waals surface area contributed by atoms with Gasteiger partial charge in [-0.05, 0) is 50.4 Å². The molecule has 0 saturated heterocycles. The maximum absolute atomic E-state index is 13.6. The molecule has 0 heterocycles. The fourth-order valence-electron chi connectivity index (χ4n) is 2.81. The van der Waals surface area contributed by atoms with Crippen LogP contribution in [0.5, 0.6) is 0 Å². The molecular formula is C18H31FN2. The number of halogens is 1. The van der Waals surface area contributed by atoms with Crippen molar-refractivity contribution in [1.29, 1.82) is 0 Å². The Labute approximate surface area is 129 Å². The molecule has 2 nitrogen and oxygen atoms in total. The first-order valence-corrected chi connectivity index (χ1v) is 8.31. The third-order valence-corrected chi connectivity index (χ3v) is 4.35. The van der Waals surface area contributed by atoms with E-state index in [0.717, 1.165) is 37.8 Å². The van der Waals surface area contributed by atoms with E-state index in [-0.39, 0.29) is 17.9 Å². The Balaban J connectivity index is 3.12. The molecule has 1 aromatic rings. The van der Waals surface area contributed by atoms with Crippen LogP contribution in [-0.2, 0) is 0 Å². The molecule has 3 atom stereocenters. The van der Waals surface area contributed by atoms with Crippen LogP contribution in [0.2, 0.25) is 0 Å². The molecule has 3 heteroatoms. The summed E-state index contributed by atoms with van der Waals surface area (Å²) >= 11 is 0. The van der Waals surface area contributed by atoms with E-state index < -0.39 is 0 Å². The van der Waals surface area contributed by atoms with Crippen molar-refractivity contribution in [3.63, 3.8) is 0 Å². The van der Waals surface area contributed by atoms with E-state index in [9.17, 15) is 4.39 Å². The van der Waals surface area contributed by atoms with Crippen LogP contribution < -0.4 is 5.73 Å². The van der Waals surface area contributed by atoms with E-state index in [1.165, 1.54) is 6.07 Å². The Hall–Kier alpha value is -0.930. The number of benzene rings is 1. The number of nitrogens with zero attached hydrogens (tertiary/aromatic N) is 1. The second-order valence-electron chi connectivity index (χ2n) is 5.92. The third-order valence-electron chi connectivity index (χ3n) is 4.35. The summed E-state index contributed by atoms with van der Waals surface area (Å²) in [5, 5.41) is 0. The van der Waals surface area contributed by atoms with Gasteiger partial charge in [-0.25, -0.2) is 4.39 Å². The van der Waals surface area contributed by atoms with Crippen molar-refractivity contribution in [1.82, 2.24) is 4.90 Å². The molecule has 0 bridgehead atoms. The molecule has 1 rings (SSSR count). The highest BCUT2D eigenvalue weighted by Crippen LogP contribution is 2.29. The van der Waals surface area contributed by atoms with E-state index in [4.69, 9.17) is 5.73 Å². The smallest absolute Gasteiger partial charge is 0.123 e. The Morgan fingerprint density at radius 2 is 1.90 bits per heavy atom. The first kappa shape index (κ1) is 18.1. The summed E-state index contributed by atoms with van der Waals surface area (Å²) in [5.74, 6) is -0.180. The molecular weight excluding hydrogens is 263 g/mol. The van der Waals surface area contributed by atoms with E-state index in [1.807, 2.05) is 6.07 Å². The lowest BCUT2D eigenvalue weighted by Crippen LogP contribution is -2.45. The van der Waals surface area contributed by atoms with Gasteiger partial charge in [-0.3, -0.25) is 4.90 Å². The zero-order valence-electron chi connectivity index (χ0n) is 14.0. The van der Waals surface area contributed by atoms with E-state index in [2.05, 4.69) is 32.6 Å². The van der Waals surface area contributed by atoms with Gasteiger partial charge in [0.25, 0.3) is 0 Å². The number of rotatable bonds is 9. The predicted molar refractivity (Wildman–Crippen MR) is 88.8 cm³/mol. The van der Waals surface area contributed by atoms with Crippen molar-refractivity contribution in [3.8, 4) is 0 Å². The van der Waals surface area contributed by atoms with Gasteiger partial charge in [0, 0.05) is 12.1 Å². The van der Waals surface area contributed by atoms with Crippen molar-refractivity contribution >= 4 is 0 Å². The van der Waals surface area contributed by atoms with Crippen molar-refractivity contribution in [2.75, 3.05) is 6.54 Å². The van der Waals surface area contributed by atoms with Gasteiger partial charge in [0.2, 0.25) is 0 Å². The minimum atomic E-state index is -0.180. The fourth-order valence-corrected chi connectivity index (χ4v) is 2.81. The highest BCUT2D eigenvalue weighted by atomic mass is 19.1. The maximum atomic E-state index is 13.6. The van der Waals surface area contributed by atoms with Crippen LogP contribution in [0.1, 0.15) is 65.0 Å². The van der Waals surface area contributed by atoms with Crippen LogP contribution in [0.4, 0.5) is 4.39 Å². The molecule has 0 radical (unpaired) electrons. The first-order chi connectivity index (χ1) is 10.0. The fraction of sp³-hybridized carbons (Fsp3) is 0.667. The minimum Gasteiger partial charge on any atom is -0.326 e. The second kappa shape index (κ2) is 9.16. The average molecular weight is 294 g/mol. The largest absolute Gasteiger partial charge is 0.326 e. The normalized spacial score (nSPS) is 16.0. The van der Waals surface area contributed by atoms with Gasteiger partial charge in [-0.1, -0.05) is 39.3 Å². The van der Waals surface area contributed by atoms with Crippen LogP contribution in [-0.4, -0.2) is 23.5 Å². The molecule has 0 aliphatic heterocycles. The average Bonchev–Trinajstić information content (AvgIpc) is 2.49. The van der Waals surface area contributed by atoms with Crippen molar-refractivity contribution in [3.05, 3.63) is 35.6 Å². The van der Waals surface area contributed by atoms with E-state index in [1.54, 1.807) is 12.1 Å². The molecule has 21 heavy (non-hydrogen) atoms. The second-order valence-corrected chi connectivity index (χ2v) is 5.92. The van der Waals surface area contributed by atoms with Crippen LogP contribution in [0.15, 0.2) is 24.3 Å².